The Labute approximate surface area is 104 Å². The van der Waals surface area contributed by atoms with Gasteiger partial charge in [0.1, 0.15) is 6.61 Å². The fourth-order valence-corrected chi connectivity index (χ4v) is 2.60. The van der Waals surface area contributed by atoms with Gasteiger partial charge in [0.25, 0.3) is 0 Å². The zero-order valence-corrected chi connectivity index (χ0v) is 10.0. The summed E-state index contributed by atoms with van der Waals surface area (Å²) in [6.07, 6.45) is -0.125. The number of fused-ring (bicyclic) bond motifs is 1. The lowest BCUT2D eigenvalue weighted by Crippen LogP contribution is -2.38. The molecule has 0 bridgehead atoms. The van der Waals surface area contributed by atoms with E-state index in [9.17, 15) is 0 Å². The lowest BCUT2D eigenvalue weighted by atomic mass is 10.1. The standard InChI is InChI=1S/C13H13NO2S/c14-13(9-5-6-17-8-9)12-7-15-10-3-1-2-4-11(10)16-12/h1-6,8,12-13H,7,14H2. The Bertz CT molecular complexity index is 498. The van der Waals surface area contributed by atoms with Crippen LogP contribution in [0.4, 0.5) is 0 Å². The van der Waals surface area contributed by atoms with Gasteiger partial charge in [-0.05, 0) is 34.5 Å². The summed E-state index contributed by atoms with van der Waals surface area (Å²) in [5.74, 6) is 1.57. The molecule has 3 rings (SSSR count). The summed E-state index contributed by atoms with van der Waals surface area (Å²) in [4.78, 5) is 0. The Morgan fingerprint density at radius 2 is 2.06 bits per heavy atom. The first-order valence-corrected chi connectivity index (χ1v) is 6.45. The van der Waals surface area contributed by atoms with E-state index in [0.717, 1.165) is 17.1 Å². The maximum atomic E-state index is 6.17. The van der Waals surface area contributed by atoms with Crippen molar-refractivity contribution in [1.82, 2.24) is 0 Å². The molecule has 2 atom stereocenters. The minimum absolute atomic E-state index is 0.125. The predicted octanol–water partition coefficient (Wildman–Crippen LogP) is 2.59. The normalized spacial score (nSPS) is 19.9. The molecule has 0 spiro atoms. The molecule has 0 saturated heterocycles. The van der Waals surface area contributed by atoms with Crippen molar-refractivity contribution < 1.29 is 9.47 Å². The second kappa shape index (κ2) is 4.39. The van der Waals surface area contributed by atoms with E-state index in [1.54, 1.807) is 11.3 Å². The number of hydrogen-bond acceptors (Lipinski definition) is 4. The molecule has 0 radical (unpaired) electrons. The summed E-state index contributed by atoms with van der Waals surface area (Å²) in [7, 11) is 0. The van der Waals surface area contributed by atoms with E-state index < -0.39 is 0 Å². The minimum Gasteiger partial charge on any atom is -0.486 e. The van der Waals surface area contributed by atoms with E-state index in [1.807, 2.05) is 35.7 Å². The van der Waals surface area contributed by atoms with Crippen LogP contribution in [0.25, 0.3) is 0 Å². The van der Waals surface area contributed by atoms with Crippen LogP contribution in [-0.2, 0) is 0 Å². The zero-order valence-electron chi connectivity index (χ0n) is 9.21. The molecular weight excluding hydrogens is 234 g/mol. The highest BCUT2D eigenvalue weighted by atomic mass is 32.1. The number of para-hydroxylation sites is 2. The van der Waals surface area contributed by atoms with E-state index >= 15 is 0 Å². The number of hydrogen-bond donors (Lipinski definition) is 1. The van der Waals surface area contributed by atoms with Gasteiger partial charge in [-0.3, -0.25) is 0 Å². The van der Waals surface area contributed by atoms with Crippen molar-refractivity contribution in [1.29, 1.82) is 0 Å². The number of benzene rings is 1. The van der Waals surface area contributed by atoms with E-state index in [0.29, 0.717) is 6.61 Å². The molecule has 88 valence electrons. The smallest absolute Gasteiger partial charge is 0.161 e. The number of nitrogens with two attached hydrogens (primary N) is 1. The van der Waals surface area contributed by atoms with Crippen LogP contribution in [0.1, 0.15) is 11.6 Å². The highest BCUT2D eigenvalue weighted by Crippen LogP contribution is 2.33. The van der Waals surface area contributed by atoms with Crippen LogP contribution in [0.3, 0.4) is 0 Å². The van der Waals surface area contributed by atoms with Crippen LogP contribution >= 0.6 is 11.3 Å². The monoisotopic (exact) mass is 247 g/mol. The van der Waals surface area contributed by atoms with Gasteiger partial charge < -0.3 is 15.2 Å². The van der Waals surface area contributed by atoms with Crippen molar-refractivity contribution in [2.75, 3.05) is 6.61 Å². The fraction of sp³-hybridized carbons (Fsp3) is 0.231. The Kier molecular flexibility index (Phi) is 2.74. The van der Waals surface area contributed by atoms with Gasteiger partial charge in [-0.2, -0.15) is 11.3 Å². The van der Waals surface area contributed by atoms with Crippen molar-refractivity contribution >= 4 is 11.3 Å². The Morgan fingerprint density at radius 3 is 2.82 bits per heavy atom. The molecule has 0 fully saturated rings. The van der Waals surface area contributed by atoms with E-state index in [2.05, 4.69) is 5.38 Å². The van der Waals surface area contributed by atoms with E-state index in [1.165, 1.54) is 0 Å². The second-order valence-corrected chi connectivity index (χ2v) is 4.78. The van der Waals surface area contributed by atoms with Gasteiger partial charge in [-0.25, -0.2) is 0 Å². The van der Waals surface area contributed by atoms with Crippen LogP contribution < -0.4 is 15.2 Å². The number of thiophene rings is 1. The molecule has 2 N–H and O–H groups in total. The molecular formula is C13H13NO2S. The summed E-state index contributed by atoms with van der Waals surface area (Å²) in [5, 5.41) is 4.07. The molecule has 1 aliphatic heterocycles. The SMILES string of the molecule is NC(c1ccsc1)C1COc2ccccc2O1. The third kappa shape index (κ3) is 2.01. The maximum Gasteiger partial charge on any atom is 0.161 e. The van der Waals surface area contributed by atoms with Crippen LogP contribution in [0.2, 0.25) is 0 Å². The summed E-state index contributed by atoms with van der Waals surface area (Å²) < 4.78 is 11.5. The number of rotatable bonds is 2. The van der Waals surface area contributed by atoms with Crippen molar-refractivity contribution in [3.63, 3.8) is 0 Å². The highest BCUT2D eigenvalue weighted by molar-refractivity contribution is 7.07. The zero-order chi connectivity index (χ0) is 11.7. The summed E-state index contributed by atoms with van der Waals surface area (Å²) in [6, 6.07) is 9.56. The fourth-order valence-electron chi connectivity index (χ4n) is 1.89. The first-order valence-electron chi connectivity index (χ1n) is 5.51. The van der Waals surface area contributed by atoms with E-state index in [4.69, 9.17) is 15.2 Å². The molecule has 2 heterocycles. The Morgan fingerprint density at radius 1 is 1.24 bits per heavy atom. The predicted molar refractivity (Wildman–Crippen MR) is 67.6 cm³/mol. The Hall–Kier alpha value is -1.52. The lowest BCUT2D eigenvalue weighted by molar-refractivity contribution is 0.0722. The summed E-state index contributed by atoms with van der Waals surface area (Å²) in [5.41, 5.74) is 7.27. The van der Waals surface area contributed by atoms with Gasteiger partial charge in [-0.1, -0.05) is 12.1 Å². The third-order valence-corrected chi connectivity index (χ3v) is 3.56. The molecule has 0 aliphatic carbocycles. The molecule has 0 amide bonds. The molecule has 0 saturated carbocycles. The van der Waals surface area contributed by atoms with Crippen LogP contribution in [-0.4, -0.2) is 12.7 Å². The van der Waals surface area contributed by atoms with Crippen molar-refractivity contribution in [2.24, 2.45) is 5.73 Å². The topological polar surface area (TPSA) is 44.5 Å². The molecule has 1 aliphatic rings. The van der Waals surface area contributed by atoms with Gasteiger partial charge in [0.15, 0.2) is 17.6 Å². The van der Waals surface area contributed by atoms with Crippen molar-refractivity contribution in [3.8, 4) is 11.5 Å². The third-order valence-electron chi connectivity index (χ3n) is 2.86. The summed E-state index contributed by atoms with van der Waals surface area (Å²) >= 11 is 1.64. The average Bonchev–Trinajstić information content (AvgIpc) is 2.91. The first-order chi connectivity index (χ1) is 8.34. The molecule has 17 heavy (non-hydrogen) atoms. The molecule has 3 nitrogen and oxygen atoms in total. The molecule has 1 aromatic heterocycles. The maximum absolute atomic E-state index is 6.17. The highest BCUT2D eigenvalue weighted by Gasteiger charge is 2.27. The largest absolute Gasteiger partial charge is 0.486 e. The second-order valence-electron chi connectivity index (χ2n) is 4.00. The molecule has 4 heteroatoms. The quantitative estimate of drug-likeness (QED) is 0.887. The van der Waals surface area contributed by atoms with Crippen LogP contribution in [0.5, 0.6) is 11.5 Å². The van der Waals surface area contributed by atoms with Gasteiger partial charge in [0, 0.05) is 0 Å². The van der Waals surface area contributed by atoms with Gasteiger partial charge >= 0.3 is 0 Å². The van der Waals surface area contributed by atoms with Crippen LogP contribution in [0.15, 0.2) is 41.1 Å². The first kappa shape index (κ1) is 10.6. The lowest BCUT2D eigenvalue weighted by Gasteiger charge is -2.30. The minimum atomic E-state index is -0.144. The van der Waals surface area contributed by atoms with Crippen molar-refractivity contribution in [2.45, 2.75) is 12.1 Å². The van der Waals surface area contributed by atoms with Gasteiger partial charge in [-0.15, -0.1) is 0 Å². The summed E-state index contributed by atoms with van der Waals surface area (Å²) in [6.45, 7) is 0.494. The van der Waals surface area contributed by atoms with Gasteiger partial charge in [0.05, 0.1) is 6.04 Å². The van der Waals surface area contributed by atoms with Crippen molar-refractivity contribution in [3.05, 3.63) is 46.7 Å². The Balaban J connectivity index is 1.80. The van der Waals surface area contributed by atoms with Crippen LogP contribution in [0, 0.1) is 0 Å². The average molecular weight is 247 g/mol. The molecule has 1 aromatic carbocycles. The number of ether oxygens (including phenoxy) is 2. The molecule has 2 aromatic rings. The molecule has 2 unspecified atom stereocenters. The van der Waals surface area contributed by atoms with Gasteiger partial charge in [0.2, 0.25) is 0 Å². The van der Waals surface area contributed by atoms with E-state index in [-0.39, 0.29) is 12.1 Å².